The van der Waals surface area contributed by atoms with Crippen LogP contribution in [0.2, 0.25) is 0 Å². The quantitative estimate of drug-likeness (QED) is 0.0241. The van der Waals surface area contributed by atoms with Gasteiger partial charge in [-0.25, -0.2) is 4.57 Å². The van der Waals surface area contributed by atoms with Crippen LogP contribution in [0.5, 0.6) is 0 Å². The molecule has 1 amide bonds. The molecule has 3 N–H and O–H groups in total. The molecular weight excluding hydrogens is 737 g/mol. The molecule has 0 fully saturated rings. The number of unbranched alkanes of at least 4 members (excludes halogenated alkanes) is 13. The molecule has 57 heavy (non-hydrogen) atoms. The van der Waals surface area contributed by atoms with E-state index in [9.17, 15) is 24.2 Å². The van der Waals surface area contributed by atoms with Gasteiger partial charge in [-0.05, 0) is 89.9 Å². The number of rotatable bonds is 40. The van der Waals surface area contributed by atoms with Crippen LogP contribution < -0.4 is 5.32 Å². The molecule has 0 aliphatic rings. The SMILES string of the molecule is CC/C=C\C/C=C\C/C=C\CCCCCCCC(=O)OCC(O)COP(=O)(O)OCCNC(=O)CCCCCCC/C=C\C/C=C\C/C=C\C/C=C\CCCCC. The zero-order valence-electron chi connectivity index (χ0n) is 35.8. The molecule has 0 spiro atoms. The lowest BCUT2D eigenvalue weighted by Crippen LogP contribution is -2.27. The zero-order valence-corrected chi connectivity index (χ0v) is 36.6. The summed E-state index contributed by atoms with van der Waals surface area (Å²) in [4.78, 5) is 33.9. The summed E-state index contributed by atoms with van der Waals surface area (Å²) in [7, 11) is -4.43. The molecule has 0 bridgehead atoms. The van der Waals surface area contributed by atoms with Gasteiger partial charge in [-0.2, -0.15) is 0 Å². The van der Waals surface area contributed by atoms with Crippen LogP contribution in [-0.4, -0.2) is 54.3 Å². The maximum atomic E-state index is 12.1. The number of amides is 1. The molecule has 2 unspecified atom stereocenters. The Kier molecular flexibility index (Phi) is 40.7. The van der Waals surface area contributed by atoms with Crippen LogP contribution >= 0.6 is 7.82 Å². The predicted molar refractivity (Wildman–Crippen MR) is 238 cm³/mol. The highest BCUT2D eigenvalue weighted by Crippen LogP contribution is 2.42. The van der Waals surface area contributed by atoms with Crippen LogP contribution in [0.1, 0.15) is 168 Å². The van der Waals surface area contributed by atoms with Gasteiger partial charge in [0.05, 0.1) is 13.2 Å². The van der Waals surface area contributed by atoms with Crippen molar-refractivity contribution in [2.75, 3.05) is 26.4 Å². The first kappa shape index (κ1) is 54.2. The molecule has 0 saturated heterocycles. The molecule has 0 heterocycles. The van der Waals surface area contributed by atoms with E-state index in [0.717, 1.165) is 109 Å². The second-order valence-corrected chi connectivity index (χ2v) is 15.7. The number of phosphoric ester groups is 1. The fraction of sp³-hybridized carbons (Fsp3) is 0.660. The second-order valence-electron chi connectivity index (χ2n) is 14.3. The Balaban J connectivity index is 3.68. The number of hydrogen-bond donors (Lipinski definition) is 3. The van der Waals surface area contributed by atoms with Crippen molar-refractivity contribution in [3.8, 4) is 0 Å². The summed E-state index contributed by atoms with van der Waals surface area (Å²) in [6, 6.07) is 0. The Morgan fingerprint density at radius 1 is 0.561 bits per heavy atom. The van der Waals surface area contributed by atoms with Gasteiger partial charge in [0.1, 0.15) is 12.7 Å². The van der Waals surface area contributed by atoms with E-state index in [1.807, 2.05) is 0 Å². The first-order valence-electron chi connectivity index (χ1n) is 22.1. The van der Waals surface area contributed by atoms with Crippen molar-refractivity contribution in [2.24, 2.45) is 0 Å². The number of ether oxygens (including phenoxy) is 1. The lowest BCUT2D eigenvalue weighted by atomic mass is 10.1. The van der Waals surface area contributed by atoms with Gasteiger partial charge in [-0.15, -0.1) is 0 Å². The first-order chi connectivity index (χ1) is 27.8. The lowest BCUT2D eigenvalue weighted by molar-refractivity contribution is -0.147. The Labute approximate surface area is 347 Å². The van der Waals surface area contributed by atoms with Crippen molar-refractivity contribution in [3.05, 3.63) is 85.1 Å². The summed E-state index contributed by atoms with van der Waals surface area (Å²) < 4.78 is 26.9. The van der Waals surface area contributed by atoms with Gasteiger partial charge in [0, 0.05) is 19.4 Å². The van der Waals surface area contributed by atoms with E-state index < -0.39 is 26.5 Å². The Morgan fingerprint density at radius 3 is 1.51 bits per heavy atom. The van der Waals surface area contributed by atoms with Crippen LogP contribution in [0.4, 0.5) is 0 Å². The highest BCUT2D eigenvalue weighted by atomic mass is 31.2. The molecule has 0 aromatic rings. The van der Waals surface area contributed by atoms with Gasteiger partial charge in [0.2, 0.25) is 5.91 Å². The molecule has 0 aromatic heterocycles. The highest BCUT2D eigenvalue weighted by molar-refractivity contribution is 7.47. The smallest absolute Gasteiger partial charge is 0.463 e. The van der Waals surface area contributed by atoms with Gasteiger partial charge < -0.3 is 20.1 Å². The number of aliphatic hydroxyl groups is 1. The molecule has 10 heteroatoms. The summed E-state index contributed by atoms with van der Waals surface area (Å²) in [5, 5.41) is 12.7. The summed E-state index contributed by atoms with van der Waals surface area (Å²) in [6.45, 7) is 3.35. The molecule has 0 saturated carbocycles. The number of aliphatic hydroxyl groups excluding tert-OH is 1. The number of nitrogens with one attached hydrogen (secondary N) is 1. The minimum atomic E-state index is -4.43. The predicted octanol–water partition coefficient (Wildman–Crippen LogP) is 12.4. The van der Waals surface area contributed by atoms with E-state index in [1.165, 1.54) is 25.7 Å². The number of allylic oxidation sites excluding steroid dienone is 14. The topological polar surface area (TPSA) is 131 Å². The van der Waals surface area contributed by atoms with Crippen LogP contribution in [-0.2, 0) is 27.9 Å². The van der Waals surface area contributed by atoms with Crippen LogP contribution in [0.3, 0.4) is 0 Å². The van der Waals surface area contributed by atoms with Crippen molar-refractivity contribution < 1.29 is 37.9 Å². The average molecular weight is 818 g/mol. The average Bonchev–Trinajstić information content (AvgIpc) is 3.20. The first-order valence-corrected chi connectivity index (χ1v) is 23.6. The molecule has 0 radical (unpaired) electrons. The van der Waals surface area contributed by atoms with E-state index in [4.69, 9.17) is 13.8 Å². The normalized spacial score (nSPS) is 14.1. The summed E-state index contributed by atoms with van der Waals surface area (Å²) >= 11 is 0. The fourth-order valence-corrected chi connectivity index (χ4v) is 6.25. The van der Waals surface area contributed by atoms with E-state index >= 15 is 0 Å². The minimum absolute atomic E-state index is 0.0640. The van der Waals surface area contributed by atoms with Gasteiger partial charge in [-0.3, -0.25) is 18.6 Å². The van der Waals surface area contributed by atoms with Gasteiger partial charge in [0.15, 0.2) is 0 Å². The summed E-state index contributed by atoms with van der Waals surface area (Å²) in [5.41, 5.74) is 0. The Hall–Kier alpha value is -2.81. The number of carbonyl (C=O) groups is 2. The molecule has 2 atom stereocenters. The molecule has 0 aromatic carbocycles. The van der Waals surface area contributed by atoms with Crippen LogP contribution in [0.25, 0.3) is 0 Å². The standard InChI is InChI=1S/C47H80NO8P/c1-3-5-7-9-11-13-15-17-19-20-21-22-23-24-26-27-29-31-33-35-37-39-46(50)48-41-42-55-57(52,53)56-44-45(49)43-54-47(51)40-38-36-34-32-30-28-25-18-16-14-12-10-8-6-4-2/h6,8,11-14,17-19,21-22,24-26,45,49H,3-5,7,9-10,15-16,20,23,27-44H2,1-2H3,(H,48,50)(H,52,53)/b8-6-,13-11-,14-12-,19-17-,22-21-,25-18-,26-24-. The van der Waals surface area contributed by atoms with Gasteiger partial charge in [0.25, 0.3) is 0 Å². The summed E-state index contributed by atoms with van der Waals surface area (Å²) in [6.07, 6.45) is 53.7. The number of esters is 1. The summed E-state index contributed by atoms with van der Waals surface area (Å²) in [5.74, 6) is -0.559. The van der Waals surface area contributed by atoms with Crippen molar-refractivity contribution in [3.63, 3.8) is 0 Å². The lowest BCUT2D eigenvalue weighted by Gasteiger charge is -2.15. The van der Waals surface area contributed by atoms with E-state index in [-0.39, 0.29) is 32.1 Å². The molecular formula is C47H80NO8P. The monoisotopic (exact) mass is 818 g/mol. The van der Waals surface area contributed by atoms with Crippen LogP contribution in [0.15, 0.2) is 85.1 Å². The van der Waals surface area contributed by atoms with Crippen molar-refractivity contribution in [2.45, 2.75) is 174 Å². The van der Waals surface area contributed by atoms with Crippen molar-refractivity contribution in [1.82, 2.24) is 5.32 Å². The Morgan fingerprint density at radius 2 is 1.00 bits per heavy atom. The Bertz CT molecular complexity index is 1210. The zero-order chi connectivity index (χ0) is 41.8. The van der Waals surface area contributed by atoms with Crippen molar-refractivity contribution in [1.29, 1.82) is 0 Å². The third-order valence-electron chi connectivity index (χ3n) is 8.81. The number of phosphoric acid groups is 1. The minimum Gasteiger partial charge on any atom is -0.463 e. The van der Waals surface area contributed by atoms with E-state index in [1.54, 1.807) is 0 Å². The molecule has 0 aliphatic carbocycles. The van der Waals surface area contributed by atoms with Gasteiger partial charge >= 0.3 is 13.8 Å². The molecule has 9 nitrogen and oxygen atoms in total. The van der Waals surface area contributed by atoms with Crippen molar-refractivity contribution >= 4 is 19.7 Å². The molecule has 326 valence electrons. The number of carbonyl (C=O) groups excluding carboxylic acids is 2. The highest BCUT2D eigenvalue weighted by Gasteiger charge is 2.23. The molecule has 0 rings (SSSR count). The second kappa shape index (κ2) is 42.8. The largest absolute Gasteiger partial charge is 0.472 e. The third kappa shape index (κ3) is 44.1. The maximum Gasteiger partial charge on any atom is 0.472 e. The van der Waals surface area contributed by atoms with E-state index in [0.29, 0.717) is 12.8 Å². The maximum absolute atomic E-state index is 12.1. The van der Waals surface area contributed by atoms with Crippen LogP contribution in [0, 0.1) is 0 Å². The third-order valence-corrected chi connectivity index (χ3v) is 9.79. The number of hydrogen-bond acceptors (Lipinski definition) is 7. The fourth-order valence-electron chi connectivity index (χ4n) is 5.49. The molecule has 0 aliphatic heterocycles. The van der Waals surface area contributed by atoms with E-state index in [2.05, 4.69) is 104 Å². The van der Waals surface area contributed by atoms with Gasteiger partial charge in [-0.1, -0.05) is 150 Å².